The first-order valence-electron chi connectivity index (χ1n) is 6.71. The van der Waals surface area contributed by atoms with Crippen LogP contribution in [0.3, 0.4) is 0 Å². The summed E-state index contributed by atoms with van der Waals surface area (Å²) < 4.78 is 0. The van der Waals surface area contributed by atoms with Crippen LogP contribution in [-0.2, 0) is 4.79 Å². The molecule has 0 aromatic heterocycles. The summed E-state index contributed by atoms with van der Waals surface area (Å²) in [6, 6.07) is 0.0595. The number of fused-ring (bicyclic) bond motifs is 2. The molecule has 4 heteroatoms. The number of rotatable bonds is 4. The maximum absolute atomic E-state index is 12.2. The van der Waals surface area contributed by atoms with E-state index in [4.69, 9.17) is 10.8 Å². The molecular weight excluding hydrogens is 216 g/mol. The average Bonchev–Trinajstić information content (AvgIpc) is 2.87. The van der Waals surface area contributed by atoms with Crippen molar-refractivity contribution in [3.8, 4) is 0 Å². The number of amides is 1. The highest BCUT2D eigenvalue weighted by atomic mass is 16.3. The lowest BCUT2D eigenvalue weighted by Crippen LogP contribution is -2.49. The fourth-order valence-electron chi connectivity index (χ4n) is 3.35. The third-order valence-corrected chi connectivity index (χ3v) is 4.79. The minimum Gasteiger partial charge on any atom is -0.396 e. The van der Waals surface area contributed by atoms with Crippen LogP contribution in [0.25, 0.3) is 0 Å². The molecule has 0 aromatic rings. The van der Waals surface area contributed by atoms with Gasteiger partial charge >= 0.3 is 0 Å². The van der Waals surface area contributed by atoms with E-state index in [1.54, 1.807) is 0 Å². The molecule has 0 saturated heterocycles. The van der Waals surface area contributed by atoms with Crippen molar-refractivity contribution in [2.45, 2.75) is 45.2 Å². The van der Waals surface area contributed by atoms with Crippen LogP contribution in [0.1, 0.15) is 33.1 Å². The van der Waals surface area contributed by atoms with Gasteiger partial charge in [-0.1, -0.05) is 6.92 Å². The third-order valence-electron chi connectivity index (χ3n) is 4.79. The van der Waals surface area contributed by atoms with Crippen LogP contribution >= 0.6 is 0 Å². The van der Waals surface area contributed by atoms with Gasteiger partial charge in [0.2, 0.25) is 5.91 Å². The molecular formula is C13H24N2O2. The van der Waals surface area contributed by atoms with Crippen LogP contribution in [0.4, 0.5) is 0 Å². The summed E-state index contributed by atoms with van der Waals surface area (Å²) in [5.41, 5.74) is 6.14. The molecule has 1 amide bonds. The molecule has 2 fully saturated rings. The minimum atomic E-state index is 0.00194. The highest BCUT2D eigenvalue weighted by Crippen LogP contribution is 2.47. The van der Waals surface area contributed by atoms with E-state index in [-0.39, 0.29) is 36.4 Å². The molecule has 0 radical (unpaired) electrons. The molecule has 6 unspecified atom stereocenters. The van der Waals surface area contributed by atoms with Gasteiger partial charge in [0, 0.05) is 18.7 Å². The second-order valence-electron chi connectivity index (χ2n) is 5.89. The van der Waals surface area contributed by atoms with Gasteiger partial charge in [-0.3, -0.25) is 4.79 Å². The van der Waals surface area contributed by atoms with Gasteiger partial charge in [0.05, 0.1) is 5.92 Å². The highest BCUT2D eigenvalue weighted by Gasteiger charge is 2.49. The normalized spacial score (nSPS) is 39.1. The maximum Gasteiger partial charge on any atom is 0.225 e. The molecule has 2 aliphatic carbocycles. The van der Waals surface area contributed by atoms with Crippen molar-refractivity contribution in [1.82, 2.24) is 5.32 Å². The van der Waals surface area contributed by atoms with E-state index >= 15 is 0 Å². The second kappa shape index (κ2) is 4.94. The zero-order chi connectivity index (χ0) is 12.6. The van der Waals surface area contributed by atoms with Gasteiger partial charge in [0.15, 0.2) is 0 Å². The monoisotopic (exact) mass is 240 g/mol. The topological polar surface area (TPSA) is 75.3 Å². The predicted octanol–water partition coefficient (Wildman–Crippen LogP) is 0.493. The Morgan fingerprint density at radius 2 is 2.06 bits per heavy atom. The van der Waals surface area contributed by atoms with Gasteiger partial charge in [-0.25, -0.2) is 0 Å². The number of nitrogens with two attached hydrogens (primary N) is 1. The largest absolute Gasteiger partial charge is 0.396 e. The minimum absolute atomic E-state index is 0.00194. The van der Waals surface area contributed by atoms with E-state index in [9.17, 15) is 4.79 Å². The smallest absolute Gasteiger partial charge is 0.225 e. The zero-order valence-corrected chi connectivity index (χ0v) is 10.7. The lowest BCUT2D eigenvalue weighted by atomic mass is 9.84. The van der Waals surface area contributed by atoms with Crippen molar-refractivity contribution in [3.05, 3.63) is 0 Å². The lowest BCUT2D eigenvalue weighted by molar-refractivity contribution is -0.128. The predicted molar refractivity (Wildman–Crippen MR) is 66.2 cm³/mol. The molecule has 98 valence electrons. The first-order chi connectivity index (χ1) is 8.04. The Morgan fingerprint density at radius 1 is 1.41 bits per heavy atom. The van der Waals surface area contributed by atoms with E-state index in [2.05, 4.69) is 5.32 Å². The lowest BCUT2D eigenvalue weighted by Gasteiger charge is -2.29. The molecule has 0 heterocycles. The summed E-state index contributed by atoms with van der Waals surface area (Å²) in [5, 5.41) is 12.1. The second-order valence-corrected chi connectivity index (χ2v) is 5.89. The molecule has 0 aliphatic heterocycles. The number of hydrogen-bond donors (Lipinski definition) is 3. The molecule has 0 aromatic carbocycles. The van der Waals surface area contributed by atoms with Crippen molar-refractivity contribution in [3.63, 3.8) is 0 Å². The molecule has 17 heavy (non-hydrogen) atoms. The number of nitrogens with one attached hydrogen (secondary N) is 1. The van der Waals surface area contributed by atoms with Gasteiger partial charge in [0.25, 0.3) is 0 Å². The molecule has 2 rings (SSSR count). The Labute approximate surface area is 103 Å². The van der Waals surface area contributed by atoms with E-state index < -0.39 is 0 Å². The molecule has 2 aliphatic rings. The first-order valence-corrected chi connectivity index (χ1v) is 6.71. The quantitative estimate of drug-likeness (QED) is 0.669. The number of aliphatic hydroxyl groups is 1. The third kappa shape index (κ3) is 2.33. The first kappa shape index (κ1) is 12.8. The Morgan fingerprint density at radius 3 is 2.59 bits per heavy atom. The number of carbonyl (C=O) groups excluding carboxylic acids is 1. The molecule has 2 bridgehead atoms. The number of hydrogen-bond acceptors (Lipinski definition) is 3. The Kier molecular flexibility index (Phi) is 3.73. The van der Waals surface area contributed by atoms with Crippen LogP contribution < -0.4 is 11.1 Å². The van der Waals surface area contributed by atoms with E-state index in [1.165, 1.54) is 6.42 Å². The van der Waals surface area contributed by atoms with Crippen LogP contribution in [0.2, 0.25) is 0 Å². The summed E-state index contributed by atoms with van der Waals surface area (Å²) >= 11 is 0. The number of carbonyl (C=O) groups is 1. The fraction of sp³-hybridized carbons (Fsp3) is 0.923. The van der Waals surface area contributed by atoms with Gasteiger partial charge in [-0.15, -0.1) is 0 Å². The maximum atomic E-state index is 12.2. The van der Waals surface area contributed by atoms with E-state index in [0.717, 1.165) is 12.8 Å². The van der Waals surface area contributed by atoms with Crippen LogP contribution in [0.15, 0.2) is 0 Å². The SMILES string of the molecule is CC(CO)C(C)NC(=O)C1C2CCC(C2)C1N. The van der Waals surface area contributed by atoms with Crippen molar-refractivity contribution < 1.29 is 9.90 Å². The standard InChI is InChI=1S/C13H24N2O2/c1-7(6-16)8(2)15-13(17)11-9-3-4-10(5-9)12(11)14/h7-12,16H,3-6,14H2,1-2H3,(H,15,17). The van der Waals surface area contributed by atoms with E-state index in [0.29, 0.717) is 11.8 Å². The Balaban J connectivity index is 1.92. The van der Waals surface area contributed by atoms with Gasteiger partial charge in [-0.2, -0.15) is 0 Å². The number of aliphatic hydroxyl groups excluding tert-OH is 1. The fourth-order valence-corrected chi connectivity index (χ4v) is 3.35. The molecule has 0 spiro atoms. The Hall–Kier alpha value is -0.610. The zero-order valence-electron chi connectivity index (χ0n) is 10.7. The average molecular weight is 240 g/mol. The molecule has 4 N–H and O–H groups in total. The van der Waals surface area contributed by atoms with Crippen molar-refractivity contribution in [1.29, 1.82) is 0 Å². The summed E-state index contributed by atoms with van der Waals surface area (Å²) in [4.78, 5) is 12.2. The van der Waals surface area contributed by atoms with Crippen LogP contribution in [0.5, 0.6) is 0 Å². The van der Waals surface area contributed by atoms with Crippen molar-refractivity contribution in [2.75, 3.05) is 6.61 Å². The van der Waals surface area contributed by atoms with Gasteiger partial charge in [0.1, 0.15) is 0 Å². The van der Waals surface area contributed by atoms with Gasteiger partial charge in [-0.05, 0) is 43.9 Å². The van der Waals surface area contributed by atoms with Crippen molar-refractivity contribution >= 4 is 5.91 Å². The van der Waals surface area contributed by atoms with Gasteiger partial charge < -0.3 is 16.2 Å². The molecule has 6 atom stereocenters. The Bertz CT molecular complexity index is 293. The van der Waals surface area contributed by atoms with Crippen LogP contribution in [0, 0.1) is 23.7 Å². The summed E-state index contributed by atoms with van der Waals surface area (Å²) in [6.45, 7) is 3.98. The summed E-state index contributed by atoms with van der Waals surface area (Å²) in [5.74, 6) is 1.24. The molecule has 2 saturated carbocycles. The molecule has 4 nitrogen and oxygen atoms in total. The highest BCUT2D eigenvalue weighted by molar-refractivity contribution is 5.80. The van der Waals surface area contributed by atoms with Crippen LogP contribution in [-0.4, -0.2) is 29.7 Å². The summed E-state index contributed by atoms with van der Waals surface area (Å²) in [7, 11) is 0. The van der Waals surface area contributed by atoms with E-state index in [1.807, 2.05) is 13.8 Å². The van der Waals surface area contributed by atoms with Crippen molar-refractivity contribution in [2.24, 2.45) is 29.4 Å². The summed E-state index contributed by atoms with van der Waals surface area (Å²) in [6.07, 6.45) is 3.47.